The second kappa shape index (κ2) is 7.09. The SMILES string of the molecule is Cc1nnc(SCC(=O)O)n1CCCc1ccccc1. The minimum Gasteiger partial charge on any atom is -0.481 e. The van der Waals surface area contributed by atoms with Gasteiger partial charge in [-0.25, -0.2) is 0 Å². The fourth-order valence-electron chi connectivity index (χ4n) is 1.94. The van der Waals surface area contributed by atoms with Crippen molar-refractivity contribution in [2.24, 2.45) is 0 Å². The molecule has 0 unspecified atom stereocenters. The molecule has 1 heterocycles. The van der Waals surface area contributed by atoms with Gasteiger partial charge >= 0.3 is 5.97 Å². The predicted octanol–water partition coefficient (Wildman–Crippen LogP) is 2.40. The molecule has 0 atom stereocenters. The number of benzene rings is 1. The highest BCUT2D eigenvalue weighted by atomic mass is 32.2. The van der Waals surface area contributed by atoms with Crippen molar-refractivity contribution >= 4 is 17.7 Å². The van der Waals surface area contributed by atoms with Crippen molar-refractivity contribution in [3.8, 4) is 0 Å². The number of thioether (sulfide) groups is 1. The Morgan fingerprint density at radius 3 is 2.75 bits per heavy atom. The molecule has 0 amide bonds. The van der Waals surface area contributed by atoms with Gasteiger partial charge in [0, 0.05) is 6.54 Å². The Bertz CT molecular complexity index is 569. The summed E-state index contributed by atoms with van der Waals surface area (Å²) in [6.07, 6.45) is 1.96. The molecule has 0 aliphatic carbocycles. The third-order valence-electron chi connectivity index (χ3n) is 2.92. The number of hydrogen-bond donors (Lipinski definition) is 1. The Hall–Kier alpha value is -1.82. The van der Waals surface area contributed by atoms with Gasteiger partial charge in [-0.1, -0.05) is 42.1 Å². The van der Waals surface area contributed by atoms with Crippen LogP contribution in [-0.4, -0.2) is 31.6 Å². The van der Waals surface area contributed by atoms with Crippen LogP contribution in [-0.2, 0) is 17.8 Å². The van der Waals surface area contributed by atoms with Crippen LogP contribution in [0.3, 0.4) is 0 Å². The molecule has 2 aromatic rings. The lowest BCUT2D eigenvalue weighted by molar-refractivity contribution is -0.133. The number of rotatable bonds is 7. The molecule has 0 aliphatic heterocycles. The highest BCUT2D eigenvalue weighted by Gasteiger charge is 2.10. The number of aromatic nitrogens is 3. The summed E-state index contributed by atoms with van der Waals surface area (Å²) >= 11 is 1.21. The predicted molar refractivity (Wildman–Crippen MR) is 77.9 cm³/mol. The summed E-state index contributed by atoms with van der Waals surface area (Å²) in [4.78, 5) is 10.6. The average Bonchev–Trinajstić information content (AvgIpc) is 2.79. The van der Waals surface area contributed by atoms with Crippen LogP contribution in [0.5, 0.6) is 0 Å². The van der Waals surface area contributed by atoms with Gasteiger partial charge in [0.1, 0.15) is 5.82 Å². The zero-order chi connectivity index (χ0) is 14.4. The van der Waals surface area contributed by atoms with E-state index in [-0.39, 0.29) is 5.75 Å². The molecule has 5 nitrogen and oxygen atoms in total. The number of aliphatic carboxylic acids is 1. The van der Waals surface area contributed by atoms with Gasteiger partial charge in [0.25, 0.3) is 0 Å². The fraction of sp³-hybridized carbons (Fsp3) is 0.357. The van der Waals surface area contributed by atoms with E-state index in [1.807, 2.05) is 29.7 Å². The van der Waals surface area contributed by atoms with Crippen LogP contribution in [0.25, 0.3) is 0 Å². The van der Waals surface area contributed by atoms with Crippen molar-refractivity contribution in [3.05, 3.63) is 41.7 Å². The summed E-state index contributed by atoms with van der Waals surface area (Å²) in [6, 6.07) is 10.3. The van der Waals surface area contributed by atoms with E-state index in [1.165, 1.54) is 17.3 Å². The Morgan fingerprint density at radius 1 is 1.30 bits per heavy atom. The topological polar surface area (TPSA) is 68.0 Å². The molecule has 1 N–H and O–H groups in total. The van der Waals surface area contributed by atoms with E-state index in [0.717, 1.165) is 25.2 Å². The lowest BCUT2D eigenvalue weighted by atomic mass is 10.1. The van der Waals surface area contributed by atoms with Gasteiger partial charge in [-0.2, -0.15) is 0 Å². The minimum atomic E-state index is -0.841. The highest BCUT2D eigenvalue weighted by Crippen LogP contribution is 2.17. The first-order valence-corrected chi connectivity index (χ1v) is 7.43. The van der Waals surface area contributed by atoms with E-state index < -0.39 is 5.97 Å². The van der Waals surface area contributed by atoms with Gasteiger partial charge < -0.3 is 9.67 Å². The fourth-order valence-corrected chi connectivity index (χ4v) is 2.67. The average molecular weight is 291 g/mol. The van der Waals surface area contributed by atoms with Crippen molar-refractivity contribution in [1.29, 1.82) is 0 Å². The summed E-state index contributed by atoms with van der Waals surface area (Å²) in [7, 11) is 0. The molecule has 0 bridgehead atoms. The molecule has 106 valence electrons. The van der Waals surface area contributed by atoms with E-state index >= 15 is 0 Å². The van der Waals surface area contributed by atoms with Crippen molar-refractivity contribution in [3.63, 3.8) is 0 Å². The smallest absolute Gasteiger partial charge is 0.313 e. The van der Waals surface area contributed by atoms with Crippen LogP contribution in [0.4, 0.5) is 0 Å². The zero-order valence-corrected chi connectivity index (χ0v) is 12.1. The van der Waals surface area contributed by atoms with E-state index in [2.05, 4.69) is 22.3 Å². The summed E-state index contributed by atoms with van der Waals surface area (Å²) in [5, 5.41) is 17.4. The van der Waals surface area contributed by atoms with Crippen LogP contribution >= 0.6 is 11.8 Å². The summed E-state index contributed by atoms with van der Waals surface area (Å²) < 4.78 is 1.98. The number of aryl methyl sites for hydroxylation is 2. The third kappa shape index (κ3) is 4.09. The van der Waals surface area contributed by atoms with Gasteiger partial charge in [0.2, 0.25) is 0 Å². The summed E-state index contributed by atoms with van der Waals surface area (Å²) in [6.45, 7) is 2.69. The first-order chi connectivity index (χ1) is 9.66. The molecule has 0 saturated carbocycles. The van der Waals surface area contributed by atoms with E-state index in [0.29, 0.717) is 5.16 Å². The molecule has 1 aromatic heterocycles. The zero-order valence-electron chi connectivity index (χ0n) is 11.3. The van der Waals surface area contributed by atoms with Gasteiger partial charge in [0.05, 0.1) is 5.75 Å². The Balaban J connectivity index is 1.91. The van der Waals surface area contributed by atoms with Gasteiger partial charge in [0.15, 0.2) is 5.16 Å². The molecular weight excluding hydrogens is 274 g/mol. The molecule has 2 rings (SSSR count). The Labute approximate surface area is 122 Å². The molecule has 0 fully saturated rings. The van der Waals surface area contributed by atoms with Crippen molar-refractivity contribution < 1.29 is 9.90 Å². The van der Waals surface area contributed by atoms with Crippen LogP contribution in [0.2, 0.25) is 0 Å². The maximum Gasteiger partial charge on any atom is 0.313 e. The maximum atomic E-state index is 10.6. The molecule has 0 radical (unpaired) electrons. The van der Waals surface area contributed by atoms with Gasteiger partial charge in [-0.3, -0.25) is 4.79 Å². The largest absolute Gasteiger partial charge is 0.481 e. The number of carbonyl (C=O) groups is 1. The maximum absolute atomic E-state index is 10.6. The quantitative estimate of drug-likeness (QED) is 0.793. The standard InChI is InChI=1S/C14H17N3O2S/c1-11-15-16-14(20-10-13(18)19)17(11)9-5-8-12-6-3-2-4-7-12/h2-4,6-7H,5,8-10H2,1H3,(H,18,19). The van der Waals surface area contributed by atoms with E-state index in [1.54, 1.807) is 0 Å². The molecule has 6 heteroatoms. The van der Waals surface area contributed by atoms with Crippen molar-refractivity contribution in [1.82, 2.24) is 14.8 Å². The number of carboxylic acids is 1. The Kier molecular flexibility index (Phi) is 5.17. The normalized spacial score (nSPS) is 10.7. The van der Waals surface area contributed by atoms with Crippen LogP contribution in [0.15, 0.2) is 35.5 Å². The second-order valence-corrected chi connectivity index (χ2v) is 5.40. The van der Waals surface area contributed by atoms with E-state index in [4.69, 9.17) is 5.11 Å². The molecule has 1 aromatic carbocycles. The summed E-state index contributed by atoms with van der Waals surface area (Å²) in [5.41, 5.74) is 1.30. The first-order valence-electron chi connectivity index (χ1n) is 6.45. The molecular formula is C14H17N3O2S. The number of carboxylic acid groups (broad SMARTS) is 1. The summed E-state index contributed by atoms with van der Waals surface area (Å²) in [5.74, 6) is -0.00553. The lowest BCUT2D eigenvalue weighted by Crippen LogP contribution is -2.06. The van der Waals surface area contributed by atoms with Crippen molar-refractivity contribution in [2.75, 3.05) is 5.75 Å². The van der Waals surface area contributed by atoms with Crippen LogP contribution in [0.1, 0.15) is 17.8 Å². The molecule has 20 heavy (non-hydrogen) atoms. The van der Waals surface area contributed by atoms with Gasteiger partial charge in [-0.05, 0) is 25.3 Å². The molecule has 0 spiro atoms. The first kappa shape index (κ1) is 14.6. The molecule has 0 aliphatic rings. The Morgan fingerprint density at radius 2 is 2.05 bits per heavy atom. The number of hydrogen-bond acceptors (Lipinski definition) is 4. The van der Waals surface area contributed by atoms with Crippen LogP contribution < -0.4 is 0 Å². The third-order valence-corrected chi connectivity index (χ3v) is 3.87. The lowest BCUT2D eigenvalue weighted by Gasteiger charge is -2.07. The van der Waals surface area contributed by atoms with Gasteiger partial charge in [-0.15, -0.1) is 10.2 Å². The van der Waals surface area contributed by atoms with E-state index in [9.17, 15) is 4.79 Å². The minimum absolute atomic E-state index is 0.0107. The van der Waals surface area contributed by atoms with Crippen LogP contribution in [0, 0.1) is 6.92 Å². The highest BCUT2D eigenvalue weighted by molar-refractivity contribution is 7.99. The van der Waals surface area contributed by atoms with Crippen molar-refractivity contribution in [2.45, 2.75) is 31.5 Å². The number of nitrogens with zero attached hydrogens (tertiary/aromatic N) is 3. The molecule has 0 saturated heterocycles. The second-order valence-electron chi connectivity index (χ2n) is 4.45. The monoisotopic (exact) mass is 291 g/mol.